The van der Waals surface area contributed by atoms with Crippen molar-refractivity contribution < 1.29 is 9.47 Å². The van der Waals surface area contributed by atoms with Crippen LogP contribution in [0.1, 0.15) is 35.6 Å². The van der Waals surface area contributed by atoms with Crippen molar-refractivity contribution in [3.8, 4) is 17.6 Å². The van der Waals surface area contributed by atoms with Gasteiger partial charge in [0.15, 0.2) is 11.5 Å². The smallest absolute Gasteiger partial charge is 0.161 e. The van der Waals surface area contributed by atoms with Crippen molar-refractivity contribution in [2.45, 2.75) is 25.4 Å². The summed E-state index contributed by atoms with van der Waals surface area (Å²) in [4.78, 5) is 0. The van der Waals surface area contributed by atoms with Crippen molar-refractivity contribution >= 4 is 0 Å². The summed E-state index contributed by atoms with van der Waals surface area (Å²) < 4.78 is 11.3. The van der Waals surface area contributed by atoms with Crippen LogP contribution in [0.3, 0.4) is 0 Å². The number of hydrogen-bond acceptors (Lipinski definition) is 4. The van der Waals surface area contributed by atoms with Crippen LogP contribution in [0.25, 0.3) is 0 Å². The molecule has 1 aliphatic carbocycles. The van der Waals surface area contributed by atoms with E-state index in [1.54, 1.807) is 0 Å². The van der Waals surface area contributed by atoms with Crippen LogP contribution in [-0.4, -0.2) is 13.2 Å². The molecule has 1 fully saturated rings. The third-order valence-corrected chi connectivity index (χ3v) is 4.60. The second kappa shape index (κ2) is 6.54. The monoisotopic (exact) mass is 320 g/mol. The summed E-state index contributed by atoms with van der Waals surface area (Å²) in [5, 5.41) is 12.7. The van der Waals surface area contributed by atoms with Gasteiger partial charge in [-0.3, -0.25) is 0 Å². The van der Waals surface area contributed by atoms with Crippen molar-refractivity contribution in [2.75, 3.05) is 13.2 Å². The summed E-state index contributed by atoms with van der Waals surface area (Å²) in [6.07, 6.45) is 2.51. The highest BCUT2D eigenvalue weighted by molar-refractivity contribution is 5.45. The predicted molar refractivity (Wildman–Crippen MR) is 90.9 cm³/mol. The fraction of sp³-hybridized carbons (Fsp3) is 0.350. The van der Waals surface area contributed by atoms with Gasteiger partial charge in [-0.05, 0) is 54.2 Å². The Labute approximate surface area is 142 Å². The maximum atomic E-state index is 9.03. The number of fused-ring (bicyclic) bond motifs is 1. The molecule has 0 radical (unpaired) electrons. The normalized spacial score (nSPS) is 17.1. The van der Waals surface area contributed by atoms with Crippen LogP contribution < -0.4 is 14.8 Å². The predicted octanol–water partition coefficient (Wildman–Crippen LogP) is 3.57. The Bertz CT molecular complexity index is 777. The van der Waals surface area contributed by atoms with Crippen LogP contribution in [0.2, 0.25) is 0 Å². The van der Waals surface area contributed by atoms with E-state index in [0.29, 0.717) is 30.7 Å². The second-order valence-corrected chi connectivity index (χ2v) is 6.41. The van der Waals surface area contributed by atoms with Gasteiger partial charge < -0.3 is 14.8 Å². The zero-order valence-corrected chi connectivity index (χ0v) is 13.5. The number of rotatable bonds is 5. The number of nitriles is 1. The van der Waals surface area contributed by atoms with E-state index in [9.17, 15) is 0 Å². The summed E-state index contributed by atoms with van der Waals surface area (Å²) in [6, 6.07) is 16.5. The quantitative estimate of drug-likeness (QED) is 0.915. The standard InChI is InChI=1S/C20H20N2O2/c21-12-14-2-1-3-15(10-14)13-22-20(16-4-5-16)17-6-7-18-19(11-17)24-9-8-23-18/h1-3,6-7,10-11,16,20,22H,4-5,8-9,13H2. The van der Waals surface area contributed by atoms with Crippen LogP contribution in [0.15, 0.2) is 42.5 Å². The summed E-state index contributed by atoms with van der Waals surface area (Å²) in [5.41, 5.74) is 3.09. The van der Waals surface area contributed by atoms with Gasteiger partial charge in [-0.15, -0.1) is 0 Å². The first-order chi connectivity index (χ1) is 11.8. The molecule has 2 aliphatic rings. The minimum absolute atomic E-state index is 0.312. The molecule has 24 heavy (non-hydrogen) atoms. The van der Waals surface area contributed by atoms with Gasteiger partial charge in [0, 0.05) is 12.6 Å². The third kappa shape index (κ3) is 3.22. The molecule has 2 aromatic carbocycles. The number of hydrogen-bond donors (Lipinski definition) is 1. The van der Waals surface area contributed by atoms with Crippen molar-refractivity contribution in [2.24, 2.45) is 5.92 Å². The maximum absolute atomic E-state index is 9.03. The molecule has 1 atom stereocenters. The van der Waals surface area contributed by atoms with Gasteiger partial charge >= 0.3 is 0 Å². The summed E-state index contributed by atoms with van der Waals surface area (Å²) >= 11 is 0. The molecule has 122 valence electrons. The minimum Gasteiger partial charge on any atom is -0.486 e. The Morgan fingerprint density at radius 3 is 2.71 bits per heavy atom. The highest BCUT2D eigenvalue weighted by atomic mass is 16.6. The molecule has 2 aromatic rings. The average molecular weight is 320 g/mol. The zero-order chi connectivity index (χ0) is 16.4. The van der Waals surface area contributed by atoms with Crippen LogP contribution in [0.5, 0.6) is 11.5 Å². The molecule has 1 aliphatic heterocycles. The fourth-order valence-corrected chi connectivity index (χ4v) is 3.22. The summed E-state index contributed by atoms with van der Waals surface area (Å²) in [6.45, 7) is 1.98. The lowest BCUT2D eigenvalue weighted by atomic mass is 10.0. The van der Waals surface area contributed by atoms with Gasteiger partial charge in [-0.2, -0.15) is 5.26 Å². The summed E-state index contributed by atoms with van der Waals surface area (Å²) in [5.74, 6) is 2.35. The molecule has 0 bridgehead atoms. The van der Waals surface area contributed by atoms with E-state index in [-0.39, 0.29) is 0 Å². The van der Waals surface area contributed by atoms with E-state index >= 15 is 0 Å². The molecule has 0 saturated heterocycles. The number of nitrogens with zero attached hydrogens (tertiary/aromatic N) is 1. The molecule has 1 saturated carbocycles. The Hall–Kier alpha value is -2.51. The van der Waals surface area contributed by atoms with Gasteiger partial charge in [0.1, 0.15) is 13.2 Å². The van der Waals surface area contributed by atoms with Crippen molar-refractivity contribution in [1.29, 1.82) is 5.26 Å². The lowest BCUT2D eigenvalue weighted by Gasteiger charge is -2.23. The van der Waals surface area contributed by atoms with Crippen LogP contribution in [0, 0.1) is 17.2 Å². The molecule has 4 heteroatoms. The van der Waals surface area contributed by atoms with Crippen molar-refractivity contribution in [1.82, 2.24) is 5.32 Å². The Morgan fingerprint density at radius 2 is 1.92 bits per heavy atom. The van der Waals surface area contributed by atoms with Crippen molar-refractivity contribution in [3.63, 3.8) is 0 Å². The highest BCUT2D eigenvalue weighted by Gasteiger charge is 2.32. The van der Waals surface area contributed by atoms with E-state index < -0.39 is 0 Å². The Balaban J connectivity index is 1.51. The molecular formula is C20H20N2O2. The first kappa shape index (κ1) is 15.0. The molecule has 4 nitrogen and oxygen atoms in total. The first-order valence-electron chi connectivity index (χ1n) is 8.45. The zero-order valence-electron chi connectivity index (χ0n) is 13.5. The molecular weight excluding hydrogens is 300 g/mol. The third-order valence-electron chi connectivity index (χ3n) is 4.60. The lowest BCUT2D eigenvalue weighted by molar-refractivity contribution is 0.171. The number of benzene rings is 2. The van der Waals surface area contributed by atoms with E-state index in [2.05, 4.69) is 29.6 Å². The van der Waals surface area contributed by atoms with Gasteiger partial charge in [0.25, 0.3) is 0 Å². The van der Waals surface area contributed by atoms with Crippen LogP contribution in [-0.2, 0) is 6.54 Å². The van der Waals surface area contributed by atoms with E-state index in [1.807, 2.05) is 24.3 Å². The van der Waals surface area contributed by atoms with Gasteiger partial charge in [0.05, 0.1) is 11.6 Å². The topological polar surface area (TPSA) is 54.3 Å². The largest absolute Gasteiger partial charge is 0.486 e. The van der Waals surface area contributed by atoms with E-state index in [4.69, 9.17) is 14.7 Å². The van der Waals surface area contributed by atoms with E-state index in [0.717, 1.165) is 23.6 Å². The van der Waals surface area contributed by atoms with Gasteiger partial charge in [0.2, 0.25) is 0 Å². The minimum atomic E-state index is 0.312. The second-order valence-electron chi connectivity index (χ2n) is 6.41. The molecule has 1 N–H and O–H groups in total. The van der Waals surface area contributed by atoms with Gasteiger partial charge in [-0.25, -0.2) is 0 Å². The molecule has 0 aromatic heterocycles. The lowest BCUT2D eigenvalue weighted by Crippen LogP contribution is -2.23. The fourth-order valence-electron chi connectivity index (χ4n) is 3.22. The van der Waals surface area contributed by atoms with Crippen LogP contribution in [0.4, 0.5) is 0 Å². The Kier molecular flexibility index (Phi) is 4.10. The van der Waals surface area contributed by atoms with Crippen LogP contribution >= 0.6 is 0 Å². The van der Waals surface area contributed by atoms with Gasteiger partial charge in [-0.1, -0.05) is 18.2 Å². The number of ether oxygens (including phenoxy) is 2. The summed E-state index contributed by atoms with van der Waals surface area (Å²) in [7, 11) is 0. The maximum Gasteiger partial charge on any atom is 0.161 e. The Morgan fingerprint density at radius 1 is 1.08 bits per heavy atom. The SMILES string of the molecule is N#Cc1cccc(CNC(c2ccc3c(c2)OCCO3)C2CC2)c1. The number of nitrogens with one attached hydrogen (secondary N) is 1. The van der Waals surface area contributed by atoms with E-state index in [1.165, 1.54) is 18.4 Å². The highest BCUT2D eigenvalue weighted by Crippen LogP contribution is 2.43. The van der Waals surface area contributed by atoms with Crippen molar-refractivity contribution in [3.05, 3.63) is 59.2 Å². The molecule has 0 amide bonds. The molecule has 1 unspecified atom stereocenters. The molecule has 1 heterocycles. The molecule has 0 spiro atoms. The molecule has 4 rings (SSSR count). The first-order valence-corrected chi connectivity index (χ1v) is 8.45. The average Bonchev–Trinajstić information content (AvgIpc) is 3.47.